The molecule has 0 N–H and O–H groups in total. The van der Waals surface area contributed by atoms with E-state index in [4.69, 9.17) is 9.72 Å². The van der Waals surface area contributed by atoms with Crippen LogP contribution >= 0.6 is 0 Å². The maximum atomic E-state index is 7.02. The molecule has 0 unspecified atom stereocenters. The summed E-state index contributed by atoms with van der Waals surface area (Å²) in [5.74, 6) is 1.91. The fourth-order valence-electron chi connectivity index (χ4n) is 6.87. The van der Waals surface area contributed by atoms with Gasteiger partial charge in [-0.2, -0.15) is 0 Å². The van der Waals surface area contributed by atoms with Gasteiger partial charge in [-0.15, -0.1) is 0 Å². The first-order valence-electron chi connectivity index (χ1n) is 15.6. The van der Waals surface area contributed by atoms with Crippen molar-refractivity contribution in [1.82, 2.24) is 4.98 Å². The minimum absolute atomic E-state index is 0.106. The first kappa shape index (κ1) is 28.8. The Labute approximate surface area is 254 Å². The zero-order valence-electron chi connectivity index (χ0n) is 27.6. The van der Waals surface area contributed by atoms with E-state index >= 15 is 0 Å². The van der Waals surface area contributed by atoms with Crippen LogP contribution in [0.1, 0.15) is 79.0 Å². The zero-order chi connectivity index (χ0) is 30.4. The molecule has 42 heavy (non-hydrogen) atoms. The number of hydrogen-bond acceptors (Lipinski definition) is 2. The van der Waals surface area contributed by atoms with Crippen molar-refractivity contribution in [3.05, 3.63) is 65.2 Å². The first-order chi connectivity index (χ1) is 19.5. The molecule has 1 aromatic heterocycles. The van der Waals surface area contributed by atoms with Crippen LogP contribution in [0.3, 0.4) is 0 Å². The quantitative estimate of drug-likeness (QED) is 0.166. The molecule has 2 nitrogen and oxygen atoms in total. The second kappa shape index (κ2) is 9.63. The Kier molecular flexibility index (Phi) is 6.61. The van der Waals surface area contributed by atoms with Crippen molar-refractivity contribution in [3.8, 4) is 22.8 Å². The molecule has 1 aliphatic heterocycles. The van der Waals surface area contributed by atoms with E-state index < -0.39 is 0 Å². The van der Waals surface area contributed by atoms with E-state index in [-0.39, 0.29) is 16.2 Å². The molecule has 1 aliphatic rings. The fraction of sp³-hybridized carbons (Fsp3) is 0.395. The van der Waals surface area contributed by atoms with Crippen molar-refractivity contribution < 1.29 is 4.74 Å². The lowest BCUT2D eigenvalue weighted by Gasteiger charge is -2.29. The third-order valence-electron chi connectivity index (χ3n) is 8.51. The Morgan fingerprint density at radius 1 is 0.643 bits per heavy atom. The van der Waals surface area contributed by atoms with Crippen molar-refractivity contribution in [3.63, 3.8) is 0 Å². The smallest absolute Gasteiger partial charge is 0.163 e. The number of rotatable bonds is 3. The highest BCUT2D eigenvalue weighted by Gasteiger charge is 2.30. The third-order valence-corrected chi connectivity index (χ3v) is 8.51. The fourth-order valence-corrected chi connectivity index (χ4v) is 6.87. The van der Waals surface area contributed by atoms with Crippen LogP contribution in [0.4, 0.5) is 0 Å². The van der Waals surface area contributed by atoms with Gasteiger partial charge in [-0.05, 0) is 91.3 Å². The van der Waals surface area contributed by atoms with Gasteiger partial charge >= 0.3 is 0 Å². The molecule has 0 spiro atoms. The largest absolute Gasteiger partial charge is 0.456 e. The summed E-state index contributed by atoms with van der Waals surface area (Å²) in [6.45, 7) is 20.8. The van der Waals surface area contributed by atoms with Crippen LogP contribution in [0.5, 0.6) is 11.5 Å². The highest BCUT2D eigenvalue weighted by atomic mass is 16.5. The van der Waals surface area contributed by atoms with Gasteiger partial charge in [0.25, 0.3) is 0 Å². The lowest BCUT2D eigenvalue weighted by atomic mass is 9.77. The van der Waals surface area contributed by atoms with Gasteiger partial charge < -0.3 is 4.74 Å². The summed E-state index contributed by atoms with van der Waals surface area (Å²) in [6.07, 6.45) is 3.02. The Hall–Kier alpha value is -3.26. The number of hydrogen-bond donors (Lipinski definition) is 0. The Balaban J connectivity index is 1.68. The van der Waals surface area contributed by atoms with Crippen molar-refractivity contribution >= 4 is 59.1 Å². The number of aromatic nitrogens is 1. The average Bonchev–Trinajstić information content (AvgIpc) is 2.84. The molecule has 4 heteroatoms. The van der Waals surface area contributed by atoms with Crippen molar-refractivity contribution in [2.24, 2.45) is 16.2 Å². The molecule has 0 atom stereocenters. The van der Waals surface area contributed by atoms with E-state index in [0.29, 0.717) is 0 Å². The molecule has 0 fully saturated rings. The second-order valence-corrected chi connectivity index (χ2v) is 16.5. The second-order valence-electron chi connectivity index (χ2n) is 16.5. The monoisotopic (exact) mass is 553 g/mol. The van der Waals surface area contributed by atoms with Gasteiger partial charge in [-0.3, -0.25) is 4.98 Å². The summed E-state index contributed by atoms with van der Waals surface area (Å²) in [5, 5.41) is 7.53. The van der Waals surface area contributed by atoms with Gasteiger partial charge in [0.15, 0.2) is 7.85 Å². The number of pyridine rings is 1. The van der Waals surface area contributed by atoms with E-state index in [1.807, 2.05) is 0 Å². The van der Waals surface area contributed by atoms with Crippen molar-refractivity contribution in [2.45, 2.75) is 81.6 Å². The van der Waals surface area contributed by atoms with Gasteiger partial charge in [-0.1, -0.05) is 104 Å². The number of ether oxygens (including phenoxy) is 1. The number of nitrogens with zero attached hydrogens (tertiary/aromatic N) is 1. The Bertz CT molecular complexity index is 1900. The summed E-state index contributed by atoms with van der Waals surface area (Å²) in [5.41, 5.74) is 9.12. The topological polar surface area (TPSA) is 22.1 Å². The van der Waals surface area contributed by atoms with Gasteiger partial charge in [0, 0.05) is 11.1 Å². The molecule has 5 aromatic rings. The van der Waals surface area contributed by atoms with Crippen molar-refractivity contribution in [2.75, 3.05) is 0 Å². The summed E-state index contributed by atoms with van der Waals surface area (Å²) in [6, 6.07) is 18.6. The molecular weight excluding hydrogens is 508 g/mol. The maximum absolute atomic E-state index is 7.02. The van der Waals surface area contributed by atoms with Crippen LogP contribution in [0, 0.1) is 16.2 Å². The van der Waals surface area contributed by atoms with Gasteiger partial charge in [0.05, 0.1) is 11.1 Å². The molecule has 0 aliphatic carbocycles. The van der Waals surface area contributed by atoms with E-state index in [0.717, 1.165) is 53.0 Å². The van der Waals surface area contributed by atoms with E-state index in [1.165, 1.54) is 49.1 Å². The summed E-state index contributed by atoms with van der Waals surface area (Å²) < 4.78 is 7.02. The lowest BCUT2D eigenvalue weighted by molar-refractivity contribution is 0.400. The standard InChI is InChI=1S/C38H45B2NO/c1-36(2,3)18-21-11-13-25-24(14-21)16-27-33-31-29(42-34(27)28(25)20-38(7,8)9)17-23-12-10-22(19-37(4,5)6)15-26(23)30(31)32(39)35(40)41-33/h10-17H,18-20,39-40H2,1-9H3. The summed E-state index contributed by atoms with van der Waals surface area (Å²) in [7, 11) is 4.39. The van der Waals surface area contributed by atoms with Crippen LogP contribution in [-0.2, 0) is 19.3 Å². The van der Waals surface area contributed by atoms with Crippen LogP contribution in [0.25, 0.3) is 43.6 Å². The molecule has 0 saturated heterocycles. The lowest BCUT2D eigenvalue weighted by Crippen LogP contribution is -2.31. The molecule has 0 saturated carbocycles. The molecule has 6 rings (SSSR count). The van der Waals surface area contributed by atoms with Gasteiger partial charge in [-0.25, -0.2) is 0 Å². The van der Waals surface area contributed by atoms with E-state index in [9.17, 15) is 0 Å². The van der Waals surface area contributed by atoms with Gasteiger partial charge in [0.1, 0.15) is 19.3 Å². The Morgan fingerprint density at radius 2 is 1.26 bits per heavy atom. The van der Waals surface area contributed by atoms with E-state index in [2.05, 4.69) is 127 Å². The molecular formula is C38H45B2NO. The molecule has 0 bridgehead atoms. The van der Waals surface area contributed by atoms with Crippen LogP contribution < -0.4 is 15.8 Å². The molecule has 4 aromatic carbocycles. The maximum Gasteiger partial charge on any atom is 0.163 e. The average molecular weight is 553 g/mol. The minimum atomic E-state index is 0.106. The zero-order valence-corrected chi connectivity index (χ0v) is 27.6. The first-order valence-corrected chi connectivity index (χ1v) is 15.6. The van der Waals surface area contributed by atoms with Crippen LogP contribution in [0.2, 0.25) is 0 Å². The third kappa shape index (κ3) is 5.34. The highest BCUT2D eigenvalue weighted by Crippen LogP contribution is 2.51. The van der Waals surface area contributed by atoms with Crippen LogP contribution in [-0.4, -0.2) is 20.7 Å². The molecule has 2 heterocycles. The van der Waals surface area contributed by atoms with Crippen molar-refractivity contribution in [1.29, 1.82) is 0 Å². The predicted octanol–water partition coefficient (Wildman–Crippen LogP) is 7.60. The molecule has 0 amide bonds. The highest BCUT2D eigenvalue weighted by molar-refractivity contribution is 6.54. The molecule has 214 valence electrons. The normalized spacial score (nSPS) is 13.5. The molecule has 0 radical (unpaired) electrons. The summed E-state index contributed by atoms with van der Waals surface area (Å²) in [4.78, 5) is 5.31. The predicted molar refractivity (Wildman–Crippen MR) is 188 cm³/mol. The number of fused-ring (bicyclic) bond motifs is 5. The Morgan fingerprint density at radius 3 is 1.90 bits per heavy atom. The SMILES string of the molecule is Bc1nc2c3c(cc4ccc(CC(C)(C)C)cc4c3c1B)Oc1c-2cc2cc(CC(C)(C)C)ccc2c1CC(C)(C)C. The van der Waals surface area contributed by atoms with E-state index in [1.54, 1.807) is 0 Å². The summed E-state index contributed by atoms with van der Waals surface area (Å²) >= 11 is 0. The van der Waals surface area contributed by atoms with Gasteiger partial charge in [0.2, 0.25) is 0 Å². The minimum Gasteiger partial charge on any atom is -0.456 e. The van der Waals surface area contributed by atoms with Crippen LogP contribution in [0.15, 0.2) is 48.5 Å². The number of benzene rings is 4.